The topological polar surface area (TPSA) is 79.5 Å². The quantitative estimate of drug-likeness (QED) is 0.514. The second kappa shape index (κ2) is 10.6. The van der Waals surface area contributed by atoms with Crippen molar-refractivity contribution in [2.24, 2.45) is 5.92 Å². The normalized spacial score (nSPS) is 15.4. The summed E-state index contributed by atoms with van der Waals surface area (Å²) in [6.07, 6.45) is 3.84. The molecular formula is C23H31N3O3S. The van der Waals surface area contributed by atoms with Gasteiger partial charge in [-0.1, -0.05) is 13.8 Å². The van der Waals surface area contributed by atoms with E-state index >= 15 is 0 Å². The molecule has 30 heavy (non-hydrogen) atoms. The highest BCUT2D eigenvalue weighted by molar-refractivity contribution is 7.17. The molecule has 1 unspecified atom stereocenters. The minimum absolute atomic E-state index is 0.120. The Labute approximate surface area is 182 Å². The van der Waals surface area contributed by atoms with E-state index in [0.29, 0.717) is 28.8 Å². The van der Waals surface area contributed by atoms with Crippen LogP contribution in [-0.2, 0) is 17.6 Å². The molecule has 2 amide bonds. The number of hydrogen-bond donors (Lipinski definition) is 3. The number of thiophene rings is 1. The van der Waals surface area contributed by atoms with Gasteiger partial charge in [0.1, 0.15) is 10.8 Å². The zero-order valence-electron chi connectivity index (χ0n) is 18.0. The summed E-state index contributed by atoms with van der Waals surface area (Å²) >= 11 is 1.54. The highest BCUT2D eigenvalue weighted by atomic mass is 32.1. The number of rotatable bonds is 9. The molecule has 1 aliphatic rings. The molecule has 7 heteroatoms. The lowest BCUT2D eigenvalue weighted by Crippen LogP contribution is -2.29. The maximum Gasteiger partial charge on any atom is 0.258 e. The average Bonchev–Trinajstić information content (AvgIpc) is 3.06. The Morgan fingerprint density at radius 3 is 2.63 bits per heavy atom. The number of anilines is 2. The first-order valence-corrected chi connectivity index (χ1v) is 11.5. The molecule has 0 fully saturated rings. The molecule has 1 aromatic carbocycles. The molecule has 6 nitrogen and oxygen atoms in total. The summed E-state index contributed by atoms with van der Waals surface area (Å²) in [5, 5.41) is 9.72. The standard InChI is InChI=1S/C23H31N3O3S/c1-4-12-24-14-20(27)26-23-21(18-11-6-15(3)13-19(18)30-23)22(28)25-16-7-9-17(10-8-16)29-5-2/h7-10,15,24H,4-6,11-14H2,1-3H3,(H,25,28)(H,26,27). The molecule has 0 bridgehead atoms. The summed E-state index contributed by atoms with van der Waals surface area (Å²) in [4.78, 5) is 26.8. The monoisotopic (exact) mass is 429 g/mol. The number of ether oxygens (including phenoxy) is 1. The van der Waals surface area contributed by atoms with Crippen LogP contribution < -0.4 is 20.7 Å². The Morgan fingerprint density at radius 1 is 1.17 bits per heavy atom. The molecule has 162 valence electrons. The van der Waals surface area contributed by atoms with Crippen LogP contribution in [0.2, 0.25) is 0 Å². The van der Waals surface area contributed by atoms with Gasteiger partial charge in [-0.05, 0) is 74.9 Å². The van der Waals surface area contributed by atoms with Crippen LogP contribution in [-0.4, -0.2) is 31.5 Å². The van der Waals surface area contributed by atoms with Crippen molar-refractivity contribution in [2.45, 2.75) is 46.5 Å². The second-order valence-electron chi connectivity index (χ2n) is 7.69. The van der Waals surface area contributed by atoms with Gasteiger partial charge in [0.15, 0.2) is 0 Å². The summed E-state index contributed by atoms with van der Waals surface area (Å²) < 4.78 is 5.46. The molecule has 0 saturated heterocycles. The number of amides is 2. The largest absolute Gasteiger partial charge is 0.494 e. The van der Waals surface area contributed by atoms with Gasteiger partial charge in [-0.25, -0.2) is 0 Å². The molecule has 0 radical (unpaired) electrons. The van der Waals surface area contributed by atoms with Crippen molar-refractivity contribution in [3.05, 3.63) is 40.3 Å². The van der Waals surface area contributed by atoms with Crippen LogP contribution in [0, 0.1) is 5.92 Å². The highest BCUT2D eigenvalue weighted by Crippen LogP contribution is 2.40. The summed E-state index contributed by atoms with van der Waals surface area (Å²) in [5.74, 6) is 1.06. The Hall–Kier alpha value is -2.38. The predicted octanol–water partition coefficient (Wildman–Crippen LogP) is 4.46. The molecule has 0 aliphatic heterocycles. The van der Waals surface area contributed by atoms with Crippen LogP contribution in [0.15, 0.2) is 24.3 Å². The lowest BCUT2D eigenvalue weighted by Gasteiger charge is -2.18. The van der Waals surface area contributed by atoms with Crippen LogP contribution in [0.5, 0.6) is 5.75 Å². The van der Waals surface area contributed by atoms with E-state index in [1.54, 1.807) is 11.3 Å². The van der Waals surface area contributed by atoms with Crippen molar-refractivity contribution in [2.75, 3.05) is 30.3 Å². The Bertz CT molecular complexity index is 877. The molecule has 1 atom stereocenters. The van der Waals surface area contributed by atoms with Gasteiger partial charge in [0.25, 0.3) is 5.91 Å². The first-order chi connectivity index (χ1) is 14.5. The van der Waals surface area contributed by atoms with Gasteiger partial charge < -0.3 is 20.7 Å². The van der Waals surface area contributed by atoms with Gasteiger partial charge in [0.2, 0.25) is 5.91 Å². The molecule has 3 rings (SSSR count). The van der Waals surface area contributed by atoms with Crippen LogP contribution in [0.4, 0.5) is 10.7 Å². The van der Waals surface area contributed by atoms with Crippen molar-refractivity contribution >= 4 is 33.8 Å². The fourth-order valence-electron chi connectivity index (χ4n) is 3.62. The zero-order chi connectivity index (χ0) is 21.5. The van der Waals surface area contributed by atoms with Crippen molar-refractivity contribution < 1.29 is 14.3 Å². The number of hydrogen-bond acceptors (Lipinski definition) is 5. The van der Waals surface area contributed by atoms with Crippen LogP contribution in [0.1, 0.15) is 54.4 Å². The maximum absolute atomic E-state index is 13.2. The van der Waals surface area contributed by atoms with Crippen LogP contribution in [0.25, 0.3) is 0 Å². The Kier molecular flexibility index (Phi) is 7.87. The SMILES string of the molecule is CCCNCC(=O)Nc1sc2c(c1C(=O)Nc1ccc(OCC)cc1)CCC(C)C2. The molecule has 2 aromatic rings. The first-order valence-electron chi connectivity index (χ1n) is 10.7. The van der Waals surface area contributed by atoms with E-state index in [9.17, 15) is 9.59 Å². The summed E-state index contributed by atoms with van der Waals surface area (Å²) in [5.41, 5.74) is 2.40. The first kappa shape index (κ1) is 22.3. The fraction of sp³-hybridized carbons (Fsp3) is 0.478. The number of carbonyl (C=O) groups excluding carboxylic acids is 2. The third kappa shape index (κ3) is 5.61. The van der Waals surface area contributed by atoms with Crippen LogP contribution >= 0.6 is 11.3 Å². The van der Waals surface area contributed by atoms with Crippen molar-refractivity contribution in [3.63, 3.8) is 0 Å². The van der Waals surface area contributed by atoms with Gasteiger partial charge in [-0.2, -0.15) is 0 Å². The summed E-state index contributed by atoms with van der Waals surface area (Å²) in [6, 6.07) is 7.34. The Morgan fingerprint density at radius 2 is 1.93 bits per heavy atom. The van der Waals surface area contributed by atoms with Gasteiger partial charge in [0, 0.05) is 10.6 Å². The molecule has 1 aromatic heterocycles. The fourth-order valence-corrected chi connectivity index (χ4v) is 5.05. The molecule has 0 spiro atoms. The third-order valence-corrected chi connectivity index (χ3v) is 6.30. The third-order valence-electron chi connectivity index (χ3n) is 5.13. The Balaban J connectivity index is 1.80. The highest BCUT2D eigenvalue weighted by Gasteiger charge is 2.28. The molecule has 1 heterocycles. The summed E-state index contributed by atoms with van der Waals surface area (Å²) in [6.45, 7) is 7.85. The number of carbonyl (C=O) groups is 2. The van der Waals surface area contributed by atoms with Crippen molar-refractivity contribution in [3.8, 4) is 5.75 Å². The minimum atomic E-state index is -0.178. The smallest absolute Gasteiger partial charge is 0.258 e. The number of nitrogens with one attached hydrogen (secondary N) is 3. The van der Waals surface area contributed by atoms with Gasteiger partial charge in [0.05, 0.1) is 18.7 Å². The predicted molar refractivity (Wildman–Crippen MR) is 123 cm³/mol. The lowest BCUT2D eigenvalue weighted by atomic mass is 9.88. The van der Waals surface area contributed by atoms with E-state index < -0.39 is 0 Å². The lowest BCUT2D eigenvalue weighted by molar-refractivity contribution is -0.115. The second-order valence-corrected chi connectivity index (χ2v) is 8.80. The van der Waals surface area contributed by atoms with Crippen LogP contribution in [0.3, 0.4) is 0 Å². The van der Waals surface area contributed by atoms with E-state index in [2.05, 4.69) is 29.8 Å². The van der Waals surface area contributed by atoms with E-state index in [0.717, 1.165) is 43.5 Å². The van der Waals surface area contributed by atoms with Gasteiger partial charge in [-0.3, -0.25) is 9.59 Å². The minimum Gasteiger partial charge on any atom is -0.494 e. The van der Waals surface area contributed by atoms with E-state index in [4.69, 9.17) is 4.74 Å². The molecule has 3 N–H and O–H groups in total. The van der Waals surface area contributed by atoms with E-state index in [1.807, 2.05) is 31.2 Å². The number of benzene rings is 1. The van der Waals surface area contributed by atoms with E-state index in [1.165, 1.54) is 4.88 Å². The molecule has 0 saturated carbocycles. The van der Waals surface area contributed by atoms with Gasteiger partial charge >= 0.3 is 0 Å². The van der Waals surface area contributed by atoms with Crippen molar-refractivity contribution in [1.82, 2.24) is 5.32 Å². The van der Waals surface area contributed by atoms with E-state index in [-0.39, 0.29) is 18.4 Å². The molecule has 1 aliphatic carbocycles. The maximum atomic E-state index is 13.2. The summed E-state index contributed by atoms with van der Waals surface area (Å²) in [7, 11) is 0. The average molecular weight is 430 g/mol. The number of fused-ring (bicyclic) bond motifs is 1. The molecular weight excluding hydrogens is 398 g/mol. The van der Waals surface area contributed by atoms with Crippen molar-refractivity contribution in [1.29, 1.82) is 0 Å². The zero-order valence-corrected chi connectivity index (χ0v) is 18.8. The van der Waals surface area contributed by atoms with Gasteiger partial charge in [-0.15, -0.1) is 11.3 Å².